The number of benzene rings is 1. The maximum Gasteiger partial charge on any atom is 0.397 e. The van der Waals surface area contributed by atoms with Crippen LogP contribution in [0.25, 0.3) is 21.3 Å². The number of carbonyl (C=O) groups is 1. The topological polar surface area (TPSA) is 102 Å². The van der Waals surface area contributed by atoms with Crippen LogP contribution in [0, 0.1) is 12.3 Å². The number of carbonyl (C=O) groups excluding carboxylic acids is 1. The van der Waals surface area contributed by atoms with Crippen molar-refractivity contribution >= 4 is 17.2 Å². The Bertz CT molecular complexity index is 1330. The fourth-order valence-electron chi connectivity index (χ4n) is 3.99. The summed E-state index contributed by atoms with van der Waals surface area (Å²) in [7, 11) is 0. The van der Waals surface area contributed by atoms with Gasteiger partial charge in [-0.3, -0.25) is 4.79 Å². The normalized spacial score (nSPS) is 16.8. The molecule has 3 aromatic rings. The average molecular weight is 553 g/mol. The number of hydrogen-bond donors (Lipinski definition) is 1. The summed E-state index contributed by atoms with van der Waals surface area (Å²) in [6, 6.07) is 5.01. The molecular formula is C26H31F3N4O4S. The molecule has 8 nitrogen and oxygen atoms in total. The van der Waals surface area contributed by atoms with Gasteiger partial charge in [0.2, 0.25) is 5.89 Å². The third-order valence-corrected chi connectivity index (χ3v) is 7.66. The highest BCUT2D eigenvalue weighted by Gasteiger charge is 2.48. The number of likely N-dealkylation sites (tertiary alicyclic amines) is 1. The van der Waals surface area contributed by atoms with Gasteiger partial charge < -0.3 is 19.2 Å². The number of aryl methyl sites for hydroxylation is 1. The van der Waals surface area contributed by atoms with Crippen molar-refractivity contribution in [3.63, 3.8) is 0 Å². The molecule has 1 aliphatic heterocycles. The smallest absolute Gasteiger partial charge is 0.397 e. The predicted molar refractivity (Wildman–Crippen MR) is 136 cm³/mol. The summed E-state index contributed by atoms with van der Waals surface area (Å²) in [4.78, 5) is 20.5. The molecule has 1 saturated heterocycles. The van der Waals surface area contributed by atoms with Gasteiger partial charge in [-0.05, 0) is 83.7 Å². The summed E-state index contributed by atoms with van der Waals surface area (Å²) in [5, 5.41) is 18.4. The molecule has 1 N–H and O–H groups in total. The molecule has 12 heteroatoms. The summed E-state index contributed by atoms with van der Waals surface area (Å²) in [6.45, 7) is 9.09. The van der Waals surface area contributed by atoms with Crippen molar-refractivity contribution in [2.24, 2.45) is 5.41 Å². The Morgan fingerprint density at radius 2 is 1.95 bits per heavy atom. The molecule has 1 aliphatic rings. The Morgan fingerprint density at radius 3 is 2.50 bits per heavy atom. The highest BCUT2D eigenvalue weighted by Crippen LogP contribution is 2.41. The summed E-state index contributed by atoms with van der Waals surface area (Å²) in [5.41, 5.74) is -1.73. The van der Waals surface area contributed by atoms with E-state index in [0.29, 0.717) is 33.3 Å². The van der Waals surface area contributed by atoms with E-state index in [1.54, 1.807) is 30.0 Å². The standard InChI is InChI=1S/C26H31F3N4O4S/c1-14-12-16(36-13-24(3,4)26(27,28)29)9-10-17(14)19-18(22(34)33-11-7-8-15(33)2)30-21(38-19)20-31-32-23(37-20)25(5,6)35/h9-10,12,15,35H,7-8,11,13H2,1-6H3/t15-/m0/s1. The third-order valence-electron chi connectivity index (χ3n) is 6.58. The Labute approximate surface area is 222 Å². The van der Waals surface area contributed by atoms with Crippen LogP contribution in [0.1, 0.15) is 69.4 Å². The summed E-state index contributed by atoms with van der Waals surface area (Å²) in [5.74, 6) is 0.168. The second-order valence-electron chi connectivity index (χ2n) is 10.8. The minimum Gasteiger partial charge on any atom is -0.493 e. The highest BCUT2D eigenvalue weighted by molar-refractivity contribution is 7.18. The van der Waals surface area contributed by atoms with Crippen LogP contribution in [0.2, 0.25) is 0 Å². The molecule has 0 radical (unpaired) electrons. The minimum atomic E-state index is -4.40. The zero-order valence-electron chi connectivity index (χ0n) is 22.1. The number of ether oxygens (including phenoxy) is 1. The number of rotatable bonds is 7. The van der Waals surface area contributed by atoms with E-state index in [1.807, 2.05) is 6.92 Å². The molecule has 0 aliphatic carbocycles. The molecule has 0 spiro atoms. The van der Waals surface area contributed by atoms with E-state index in [1.165, 1.54) is 25.2 Å². The first-order chi connectivity index (χ1) is 17.6. The molecule has 3 heterocycles. The molecule has 1 fully saturated rings. The maximum absolute atomic E-state index is 13.6. The van der Waals surface area contributed by atoms with Crippen LogP contribution in [0.15, 0.2) is 22.6 Å². The van der Waals surface area contributed by atoms with Gasteiger partial charge in [-0.1, -0.05) is 0 Å². The van der Waals surface area contributed by atoms with Crippen molar-refractivity contribution in [2.75, 3.05) is 13.2 Å². The van der Waals surface area contributed by atoms with Crippen LogP contribution in [0.4, 0.5) is 13.2 Å². The van der Waals surface area contributed by atoms with Gasteiger partial charge in [0.05, 0.1) is 10.3 Å². The van der Waals surface area contributed by atoms with Gasteiger partial charge in [-0.25, -0.2) is 4.98 Å². The Balaban J connectivity index is 1.71. The molecule has 0 unspecified atom stereocenters. The Hall–Kier alpha value is -2.99. The predicted octanol–water partition coefficient (Wildman–Crippen LogP) is 5.99. The SMILES string of the molecule is Cc1cc(OCC(C)(C)C(F)(F)F)ccc1-c1sc(-c2nnc(C(C)(C)O)o2)nc1C(=O)N1CCC[C@@H]1C. The van der Waals surface area contributed by atoms with Crippen LogP contribution in [-0.4, -0.2) is 56.5 Å². The lowest BCUT2D eigenvalue weighted by molar-refractivity contribution is -0.219. The van der Waals surface area contributed by atoms with Gasteiger partial charge in [0, 0.05) is 12.6 Å². The third kappa shape index (κ3) is 5.56. The zero-order chi connectivity index (χ0) is 28.0. The maximum atomic E-state index is 13.6. The van der Waals surface area contributed by atoms with E-state index in [-0.39, 0.29) is 29.4 Å². The monoisotopic (exact) mass is 552 g/mol. The number of nitrogens with zero attached hydrogens (tertiary/aromatic N) is 4. The van der Waals surface area contributed by atoms with Gasteiger partial charge >= 0.3 is 6.18 Å². The van der Waals surface area contributed by atoms with Crippen molar-refractivity contribution < 1.29 is 32.2 Å². The van der Waals surface area contributed by atoms with Gasteiger partial charge in [-0.15, -0.1) is 21.5 Å². The summed E-state index contributed by atoms with van der Waals surface area (Å²) in [6.07, 6.45) is -2.60. The lowest BCUT2D eigenvalue weighted by Crippen LogP contribution is -2.37. The number of halogens is 3. The fourth-order valence-corrected chi connectivity index (χ4v) is 5.06. The van der Waals surface area contributed by atoms with E-state index in [4.69, 9.17) is 9.15 Å². The number of amides is 1. The van der Waals surface area contributed by atoms with E-state index in [0.717, 1.165) is 26.7 Å². The molecule has 4 rings (SSSR count). The Morgan fingerprint density at radius 1 is 1.24 bits per heavy atom. The van der Waals surface area contributed by atoms with Crippen LogP contribution >= 0.6 is 11.3 Å². The van der Waals surface area contributed by atoms with Crippen molar-refractivity contribution in [1.82, 2.24) is 20.1 Å². The number of thiazole rings is 1. The largest absolute Gasteiger partial charge is 0.493 e. The molecular weight excluding hydrogens is 521 g/mol. The number of hydrogen-bond acceptors (Lipinski definition) is 8. The van der Waals surface area contributed by atoms with Gasteiger partial charge in [0.25, 0.3) is 11.8 Å². The van der Waals surface area contributed by atoms with Crippen LogP contribution in [0.5, 0.6) is 5.75 Å². The quantitative estimate of drug-likeness (QED) is 0.384. The van der Waals surface area contributed by atoms with E-state index >= 15 is 0 Å². The van der Waals surface area contributed by atoms with E-state index in [9.17, 15) is 23.1 Å². The number of aliphatic hydroxyl groups is 1. The first-order valence-electron chi connectivity index (χ1n) is 12.3. The second kappa shape index (κ2) is 9.96. The van der Waals surface area contributed by atoms with Gasteiger partial charge in [0.15, 0.2) is 5.01 Å². The van der Waals surface area contributed by atoms with E-state index in [2.05, 4.69) is 15.2 Å². The first-order valence-corrected chi connectivity index (χ1v) is 13.1. The number of alkyl halides is 3. The first kappa shape index (κ1) is 28.0. The van der Waals surface area contributed by atoms with Gasteiger partial charge in [0.1, 0.15) is 23.7 Å². The zero-order valence-corrected chi connectivity index (χ0v) is 23.0. The van der Waals surface area contributed by atoms with Crippen LogP contribution in [-0.2, 0) is 5.60 Å². The molecule has 0 bridgehead atoms. The second-order valence-corrected chi connectivity index (χ2v) is 11.8. The molecule has 1 atom stereocenters. The molecule has 0 saturated carbocycles. The molecule has 206 valence electrons. The Kier molecular flexibility index (Phi) is 7.34. The van der Waals surface area contributed by atoms with E-state index < -0.39 is 23.8 Å². The average Bonchev–Trinajstić information content (AvgIpc) is 3.55. The van der Waals surface area contributed by atoms with Gasteiger partial charge in [-0.2, -0.15) is 13.2 Å². The number of aromatic nitrogens is 3. The van der Waals surface area contributed by atoms with Crippen molar-refractivity contribution in [3.05, 3.63) is 35.3 Å². The summed E-state index contributed by atoms with van der Waals surface area (Å²) >= 11 is 1.19. The lowest BCUT2D eigenvalue weighted by atomic mass is 9.94. The van der Waals surface area contributed by atoms with Crippen molar-refractivity contribution in [3.8, 4) is 27.1 Å². The highest BCUT2D eigenvalue weighted by atomic mass is 32.1. The van der Waals surface area contributed by atoms with Crippen LogP contribution in [0.3, 0.4) is 0 Å². The fraction of sp³-hybridized carbons (Fsp3) is 0.538. The van der Waals surface area contributed by atoms with Crippen LogP contribution < -0.4 is 4.74 Å². The molecule has 38 heavy (non-hydrogen) atoms. The lowest BCUT2D eigenvalue weighted by Gasteiger charge is -2.27. The van der Waals surface area contributed by atoms with Crippen molar-refractivity contribution in [2.45, 2.75) is 72.2 Å². The van der Waals surface area contributed by atoms with Crippen molar-refractivity contribution in [1.29, 1.82) is 0 Å². The summed E-state index contributed by atoms with van der Waals surface area (Å²) < 4.78 is 50.8. The molecule has 1 amide bonds. The molecule has 1 aromatic carbocycles. The minimum absolute atomic E-state index is 0.0183. The molecule has 2 aromatic heterocycles.